The van der Waals surface area contributed by atoms with Crippen molar-refractivity contribution in [2.24, 2.45) is 5.92 Å². The fraction of sp³-hybridized carbons (Fsp3) is 0.647. The summed E-state index contributed by atoms with van der Waals surface area (Å²) in [5.74, 6) is 0.636. The third kappa shape index (κ3) is 2.52. The smallest absolute Gasteiger partial charge is 0.274 e. The molecule has 0 radical (unpaired) electrons. The Bertz CT molecular complexity index is 669. The molecular formula is C17H24N4O3. The Morgan fingerprint density at radius 3 is 2.79 bits per heavy atom. The van der Waals surface area contributed by atoms with Gasteiger partial charge >= 0.3 is 0 Å². The number of rotatable bonds is 3. The van der Waals surface area contributed by atoms with Crippen LogP contribution in [0.5, 0.6) is 0 Å². The van der Waals surface area contributed by atoms with E-state index in [1.807, 2.05) is 19.9 Å². The summed E-state index contributed by atoms with van der Waals surface area (Å²) >= 11 is 0. The molecule has 1 fully saturated rings. The van der Waals surface area contributed by atoms with Gasteiger partial charge in [-0.25, -0.2) is 10.4 Å². The molecule has 0 aromatic heterocycles. The highest BCUT2D eigenvalue weighted by Crippen LogP contribution is 2.30. The highest BCUT2D eigenvalue weighted by Gasteiger charge is 2.44. The van der Waals surface area contributed by atoms with Crippen LogP contribution in [-0.2, 0) is 14.3 Å². The summed E-state index contributed by atoms with van der Waals surface area (Å²) in [7, 11) is 0. The fourth-order valence-corrected chi connectivity index (χ4v) is 3.76. The van der Waals surface area contributed by atoms with Crippen LogP contribution in [0, 0.1) is 5.92 Å². The molecule has 0 aromatic rings. The van der Waals surface area contributed by atoms with Gasteiger partial charge in [0.25, 0.3) is 11.8 Å². The Balaban J connectivity index is 1.53. The van der Waals surface area contributed by atoms with Gasteiger partial charge in [0, 0.05) is 25.3 Å². The van der Waals surface area contributed by atoms with Crippen molar-refractivity contribution in [2.45, 2.75) is 45.2 Å². The summed E-state index contributed by atoms with van der Waals surface area (Å²) in [4.78, 5) is 27.1. The van der Waals surface area contributed by atoms with Crippen LogP contribution >= 0.6 is 0 Å². The lowest BCUT2D eigenvalue weighted by Crippen LogP contribution is -2.48. The lowest BCUT2D eigenvalue weighted by atomic mass is 9.93. The van der Waals surface area contributed by atoms with Gasteiger partial charge in [0.05, 0.1) is 12.1 Å². The van der Waals surface area contributed by atoms with Crippen LogP contribution in [0.1, 0.15) is 33.1 Å². The van der Waals surface area contributed by atoms with Crippen molar-refractivity contribution in [3.05, 3.63) is 23.2 Å². The number of nitrogens with zero attached hydrogens (tertiary/aromatic N) is 2. The highest BCUT2D eigenvalue weighted by atomic mass is 16.5. The van der Waals surface area contributed by atoms with Crippen LogP contribution in [0.15, 0.2) is 23.2 Å². The molecule has 4 aliphatic rings. The van der Waals surface area contributed by atoms with E-state index in [-0.39, 0.29) is 23.9 Å². The van der Waals surface area contributed by atoms with Gasteiger partial charge in [-0.1, -0.05) is 0 Å². The standard InChI is InChI=1S/C17H24N4O3/c1-10(2)20-9-13-15(17(20)23)18-14-8-12(19-21(14)16(13)22)7-11-3-5-24-6-4-11/h8,10-12,18-19H,3-7,9H2,1-2H3/i/hD. The van der Waals surface area contributed by atoms with Gasteiger partial charge in [-0.3, -0.25) is 9.59 Å². The average Bonchev–Trinajstić information content (AvgIpc) is 3.08. The molecule has 4 rings (SSSR count). The Morgan fingerprint density at radius 2 is 2.08 bits per heavy atom. The quantitative estimate of drug-likeness (QED) is 0.785. The monoisotopic (exact) mass is 333 g/mol. The minimum absolute atomic E-state index is 0.0323. The summed E-state index contributed by atoms with van der Waals surface area (Å²) < 4.78 is 13.8. The molecular weight excluding hydrogens is 308 g/mol. The normalized spacial score (nSPS) is 29.0. The zero-order chi connectivity index (χ0) is 17.7. The van der Waals surface area contributed by atoms with E-state index in [1.165, 1.54) is 10.4 Å². The molecule has 7 nitrogen and oxygen atoms in total. The van der Waals surface area contributed by atoms with Crippen molar-refractivity contribution in [2.75, 3.05) is 19.8 Å². The molecule has 0 spiro atoms. The first-order valence-electron chi connectivity index (χ1n) is 9.15. The predicted octanol–water partition coefficient (Wildman–Crippen LogP) is 0.468. The van der Waals surface area contributed by atoms with Gasteiger partial charge in [0.2, 0.25) is 0 Å². The van der Waals surface area contributed by atoms with E-state index in [0.717, 1.165) is 32.5 Å². The van der Waals surface area contributed by atoms with E-state index < -0.39 is 0 Å². The van der Waals surface area contributed by atoms with Gasteiger partial charge in [-0.2, -0.15) is 0 Å². The summed E-state index contributed by atoms with van der Waals surface area (Å²) in [6.45, 7) is 5.70. The number of hydrogen-bond donors (Lipinski definition) is 2. The predicted molar refractivity (Wildman–Crippen MR) is 87.0 cm³/mol. The minimum atomic E-state index is -0.263. The first-order chi connectivity index (χ1) is 12.0. The topological polar surface area (TPSA) is 73.9 Å². The van der Waals surface area contributed by atoms with Crippen LogP contribution in [0.2, 0.25) is 1.41 Å². The van der Waals surface area contributed by atoms with Gasteiger partial charge in [0.1, 0.15) is 12.9 Å². The number of amides is 2. The van der Waals surface area contributed by atoms with Crippen molar-refractivity contribution in [3.63, 3.8) is 0 Å². The number of fused-ring (bicyclic) bond motifs is 1. The van der Waals surface area contributed by atoms with Crippen molar-refractivity contribution in [3.8, 4) is 0 Å². The van der Waals surface area contributed by atoms with Crippen molar-refractivity contribution >= 4 is 11.8 Å². The van der Waals surface area contributed by atoms with E-state index in [2.05, 4.69) is 5.32 Å². The van der Waals surface area contributed by atoms with Crippen LogP contribution < -0.4 is 10.7 Å². The van der Waals surface area contributed by atoms with E-state index >= 15 is 0 Å². The molecule has 1 saturated heterocycles. The third-order valence-corrected chi connectivity index (χ3v) is 5.19. The van der Waals surface area contributed by atoms with E-state index in [0.29, 0.717) is 29.6 Å². The Labute approximate surface area is 143 Å². The van der Waals surface area contributed by atoms with Crippen molar-refractivity contribution in [1.29, 1.82) is 0 Å². The number of ether oxygens (including phenoxy) is 1. The average molecular weight is 333 g/mol. The first-order valence-corrected chi connectivity index (χ1v) is 8.70. The molecule has 0 saturated carbocycles. The molecule has 2 N–H and O–H groups in total. The summed E-state index contributed by atoms with van der Waals surface area (Å²) in [6, 6.07) is -0.129. The zero-order valence-electron chi connectivity index (χ0n) is 15.1. The summed E-state index contributed by atoms with van der Waals surface area (Å²) in [5, 5.41) is 4.47. The molecule has 130 valence electrons. The maximum absolute atomic E-state index is 12.9. The molecule has 1 unspecified atom stereocenters. The fourth-order valence-electron chi connectivity index (χ4n) is 3.76. The molecule has 1 atom stereocenters. The van der Waals surface area contributed by atoms with Gasteiger partial charge < -0.3 is 15.0 Å². The number of nitrogens with one attached hydrogen (secondary N) is 2. The summed E-state index contributed by atoms with van der Waals surface area (Å²) in [5.41, 5.74) is 2.09. The van der Waals surface area contributed by atoms with E-state index in [4.69, 9.17) is 6.15 Å². The van der Waals surface area contributed by atoms with Gasteiger partial charge in [-0.05, 0) is 45.1 Å². The molecule has 24 heavy (non-hydrogen) atoms. The second-order valence-corrected chi connectivity index (χ2v) is 7.15. The molecule has 2 amide bonds. The maximum Gasteiger partial charge on any atom is 0.274 e. The Morgan fingerprint density at radius 1 is 1.33 bits per heavy atom. The number of carbonyl (C=O) groups excluding carboxylic acids is 2. The molecule has 7 heteroatoms. The Hall–Kier alpha value is -1.86. The van der Waals surface area contributed by atoms with Gasteiger partial charge in [-0.15, -0.1) is 0 Å². The number of carbonyl (C=O) groups is 2. The number of hydrazine groups is 1. The second kappa shape index (κ2) is 5.89. The van der Waals surface area contributed by atoms with Gasteiger partial charge in [0.15, 0.2) is 0 Å². The SMILES string of the molecule is [2H]N1C(CC2CCOCC2)C=C2NC3=C(CN(C(C)C)C3=O)C(=O)N21. The summed E-state index contributed by atoms with van der Waals surface area (Å²) in [6.07, 6.45) is 4.70. The Kier molecular flexibility index (Phi) is 3.56. The van der Waals surface area contributed by atoms with Crippen LogP contribution in [-0.4, -0.2) is 53.6 Å². The zero-order valence-corrected chi connectivity index (χ0v) is 14.1. The second-order valence-electron chi connectivity index (χ2n) is 7.15. The molecule has 0 bridgehead atoms. The minimum Gasteiger partial charge on any atom is -0.381 e. The van der Waals surface area contributed by atoms with Crippen LogP contribution in [0.25, 0.3) is 0 Å². The van der Waals surface area contributed by atoms with Crippen molar-refractivity contribution < 1.29 is 15.7 Å². The molecule has 0 aromatic carbocycles. The molecule has 0 aliphatic carbocycles. The molecule has 4 aliphatic heterocycles. The number of hydrogen-bond acceptors (Lipinski definition) is 5. The van der Waals surface area contributed by atoms with Crippen molar-refractivity contribution in [1.82, 2.24) is 20.6 Å². The van der Waals surface area contributed by atoms with Crippen LogP contribution in [0.3, 0.4) is 0 Å². The van der Waals surface area contributed by atoms with E-state index in [1.54, 1.807) is 4.90 Å². The lowest BCUT2D eigenvalue weighted by Gasteiger charge is -2.28. The third-order valence-electron chi connectivity index (χ3n) is 5.19. The highest BCUT2D eigenvalue weighted by molar-refractivity contribution is 6.10. The lowest BCUT2D eigenvalue weighted by molar-refractivity contribution is -0.129. The first kappa shape index (κ1) is 14.5. The van der Waals surface area contributed by atoms with Crippen LogP contribution in [0.4, 0.5) is 0 Å². The largest absolute Gasteiger partial charge is 0.381 e. The van der Waals surface area contributed by atoms with E-state index in [9.17, 15) is 9.59 Å². The molecule has 4 heterocycles. The maximum atomic E-state index is 12.9.